The molecule has 1 N–H and O–H groups in total. The molecule has 0 aliphatic carbocycles. The Morgan fingerprint density at radius 1 is 1.33 bits per heavy atom. The second-order valence-corrected chi connectivity index (χ2v) is 4.87. The van der Waals surface area contributed by atoms with Crippen molar-refractivity contribution >= 4 is 11.6 Å². The summed E-state index contributed by atoms with van der Waals surface area (Å²) in [6, 6.07) is 5.19. The summed E-state index contributed by atoms with van der Waals surface area (Å²) in [7, 11) is 0. The van der Waals surface area contributed by atoms with Gasteiger partial charge in [0.2, 0.25) is 5.91 Å². The summed E-state index contributed by atoms with van der Waals surface area (Å²) in [5.41, 5.74) is 1.64. The van der Waals surface area contributed by atoms with Gasteiger partial charge in [-0.25, -0.2) is 0 Å². The molecule has 1 aromatic rings. The van der Waals surface area contributed by atoms with E-state index < -0.39 is 0 Å². The van der Waals surface area contributed by atoms with Gasteiger partial charge in [-0.1, -0.05) is 12.1 Å². The highest BCUT2D eigenvalue weighted by Gasteiger charge is 2.11. The second kappa shape index (κ2) is 8.36. The summed E-state index contributed by atoms with van der Waals surface area (Å²) in [6.45, 7) is 8.17. The number of hydrogen-bond donors (Lipinski definition) is 1. The first-order valence-corrected chi connectivity index (χ1v) is 7.22. The monoisotopic (exact) mass is 293 g/mol. The number of amides is 1. The molecule has 0 aliphatic rings. The van der Waals surface area contributed by atoms with Crippen LogP contribution in [-0.2, 0) is 11.3 Å². The Balaban J connectivity index is 2.45. The zero-order valence-electron chi connectivity index (χ0n) is 12.9. The van der Waals surface area contributed by atoms with Gasteiger partial charge in [-0.2, -0.15) is 0 Å². The van der Waals surface area contributed by atoms with Gasteiger partial charge in [0.05, 0.1) is 4.92 Å². The molecule has 116 valence electrons. The van der Waals surface area contributed by atoms with Gasteiger partial charge < -0.3 is 10.2 Å². The minimum absolute atomic E-state index is 0.127. The molecule has 21 heavy (non-hydrogen) atoms. The SMILES string of the molecule is CCN(CC)C(=O)CCNCc1ccc(C)c([N+](=O)[O-])c1. The first kappa shape index (κ1) is 17.1. The van der Waals surface area contributed by atoms with Crippen LogP contribution >= 0.6 is 0 Å². The molecular weight excluding hydrogens is 270 g/mol. The maximum Gasteiger partial charge on any atom is 0.272 e. The Morgan fingerprint density at radius 2 is 2.00 bits per heavy atom. The largest absolute Gasteiger partial charge is 0.343 e. The van der Waals surface area contributed by atoms with Crippen LogP contribution in [0.15, 0.2) is 18.2 Å². The Hall–Kier alpha value is -1.95. The maximum absolute atomic E-state index is 11.8. The average Bonchev–Trinajstić information content (AvgIpc) is 2.46. The quantitative estimate of drug-likeness (QED) is 0.453. The molecule has 1 amide bonds. The van der Waals surface area contributed by atoms with Gasteiger partial charge in [0.1, 0.15) is 0 Å². The van der Waals surface area contributed by atoms with Gasteiger partial charge in [0.15, 0.2) is 0 Å². The number of rotatable bonds is 8. The molecular formula is C15H23N3O3. The van der Waals surface area contributed by atoms with E-state index in [1.54, 1.807) is 24.0 Å². The van der Waals surface area contributed by atoms with E-state index in [4.69, 9.17) is 0 Å². The standard InChI is InChI=1S/C15H23N3O3/c1-4-17(5-2)15(19)8-9-16-11-13-7-6-12(3)14(10-13)18(20)21/h6-7,10,16H,4-5,8-9,11H2,1-3H3. The first-order chi connectivity index (χ1) is 9.99. The zero-order chi connectivity index (χ0) is 15.8. The molecule has 0 bridgehead atoms. The number of hydrogen-bond acceptors (Lipinski definition) is 4. The van der Waals surface area contributed by atoms with E-state index in [0.29, 0.717) is 25.1 Å². The molecule has 0 atom stereocenters. The number of nitro groups is 1. The molecule has 0 saturated carbocycles. The van der Waals surface area contributed by atoms with Crippen molar-refractivity contribution in [2.24, 2.45) is 0 Å². The summed E-state index contributed by atoms with van der Waals surface area (Å²) in [5.74, 6) is 0.127. The molecule has 6 nitrogen and oxygen atoms in total. The second-order valence-electron chi connectivity index (χ2n) is 4.87. The van der Waals surface area contributed by atoms with Gasteiger partial charge >= 0.3 is 0 Å². The van der Waals surface area contributed by atoms with Crippen LogP contribution in [0.4, 0.5) is 5.69 Å². The topological polar surface area (TPSA) is 75.5 Å². The minimum atomic E-state index is -0.372. The fourth-order valence-electron chi connectivity index (χ4n) is 2.12. The van der Waals surface area contributed by atoms with Crippen LogP contribution in [0.1, 0.15) is 31.4 Å². The van der Waals surface area contributed by atoms with E-state index in [-0.39, 0.29) is 16.5 Å². The predicted octanol–water partition coefficient (Wildman–Crippen LogP) is 2.25. The van der Waals surface area contributed by atoms with Gasteiger partial charge in [-0.05, 0) is 26.3 Å². The van der Waals surface area contributed by atoms with Crippen LogP contribution in [0, 0.1) is 17.0 Å². The van der Waals surface area contributed by atoms with Crippen LogP contribution in [-0.4, -0.2) is 35.4 Å². The van der Waals surface area contributed by atoms with Gasteiger partial charge in [-0.15, -0.1) is 0 Å². The molecule has 0 heterocycles. The number of carbonyl (C=O) groups is 1. The number of carbonyl (C=O) groups excluding carboxylic acids is 1. The van der Waals surface area contributed by atoms with Crippen LogP contribution in [0.25, 0.3) is 0 Å². The summed E-state index contributed by atoms with van der Waals surface area (Å²) < 4.78 is 0. The van der Waals surface area contributed by atoms with Crippen LogP contribution in [0.5, 0.6) is 0 Å². The van der Waals surface area contributed by atoms with E-state index in [2.05, 4.69) is 5.32 Å². The summed E-state index contributed by atoms with van der Waals surface area (Å²) in [6.07, 6.45) is 0.440. The number of benzene rings is 1. The van der Waals surface area contributed by atoms with Crippen molar-refractivity contribution in [3.63, 3.8) is 0 Å². The Labute approximate surface area is 125 Å². The lowest BCUT2D eigenvalue weighted by atomic mass is 10.1. The van der Waals surface area contributed by atoms with Crippen molar-refractivity contribution in [3.8, 4) is 0 Å². The zero-order valence-corrected chi connectivity index (χ0v) is 12.9. The highest BCUT2D eigenvalue weighted by Crippen LogP contribution is 2.18. The lowest BCUT2D eigenvalue weighted by molar-refractivity contribution is -0.385. The fourth-order valence-corrected chi connectivity index (χ4v) is 2.12. The lowest BCUT2D eigenvalue weighted by Gasteiger charge is -2.18. The number of nitro benzene ring substituents is 1. The Morgan fingerprint density at radius 3 is 2.57 bits per heavy atom. The summed E-state index contributed by atoms with van der Waals surface area (Å²) >= 11 is 0. The highest BCUT2D eigenvalue weighted by molar-refractivity contribution is 5.76. The minimum Gasteiger partial charge on any atom is -0.343 e. The highest BCUT2D eigenvalue weighted by atomic mass is 16.6. The van der Waals surface area contributed by atoms with Crippen molar-refractivity contribution in [1.82, 2.24) is 10.2 Å². The smallest absolute Gasteiger partial charge is 0.272 e. The molecule has 0 aliphatic heterocycles. The van der Waals surface area contributed by atoms with E-state index in [1.165, 1.54) is 0 Å². The average molecular weight is 293 g/mol. The molecule has 0 spiro atoms. The third kappa shape index (κ3) is 5.15. The van der Waals surface area contributed by atoms with Gasteiger partial charge in [0, 0.05) is 44.2 Å². The first-order valence-electron chi connectivity index (χ1n) is 7.22. The predicted molar refractivity (Wildman–Crippen MR) is 82.1 cm³/mol. The summed E-state index contributed by atoms with van der Waals surface area (Å²) in [5, 5.41) is 14.0. The molecule has 1 rings (SSSR count). The van der Waals surface area contributed by atoms with Crippen LogP contribution in [0.2, 0.25) is 0 Å². The molecule has 0 fully saturated rings. The number of aryl methyl sites for hydroxylation is 1. The fraction of sp³-hybridized carbons (Fsp3) is 0.533. The van der Waals surface area contributed by atoms with Crippen LogP contribution in [0.3, 0.4) is 0 Å². The normalized spacial score (nSPS) is 10.4. The molecule has 0 saturated heterocycles. The van der Waals surface area contributed by atoms with Gasteiger partial charge in [0.25, 0.3) is 5.69 Å². The van der Waals surface area contributed by atoms with Crippen molar-refractivity contribution in [3.05, 3.63) is 39.4 Å². The van der Waals surface area contributed by atoms with E-state index >= 15 is 0 Å². The summed E-state index contributed by atoms with van der Waals surface area (Å²) in [4.78, 5) is 24.1. The maximum atomic E-state index is 11.8. The van der Waals surface area contributed by atoms with E-state index in [1.807, 2.05) is 19.9 Å². The molecule has 1 aromatic carbocycles. The molecule has 6 heteroatoms. The molecule has 0 aromatic heterocycles. The molecule has 0 radical (unpaired) electrons. The lowest BCUT2D eigenvalue weighted by Crippen LogP contribution is -2.32. The van der Waals surface area contributed by atoms with Crippen molar-refractivity contribution < 1.29 is 9.72 Å². The van der Waals surface area contributed by atoms with Crippen molar-refractivity contribution in [2.75, 3.05) is 19.6 Å². The van der Waals surface area contributed by atoms with E-state index in [9.17, 15) is 14.9 Å². The molecule has 0 unspecified atom stereocenters. The van der Waals surface area contributed by atoms with E-state index in [0.717, 1.165) is 18.7 Å². The number of nitrogens with zero attached hydrogens (tertiary/aromatic N) is 2. The Kier molecular flexibility index (Phi) is 6.81. The van der Waals surface area contributed by atoms with Gasteiger partial charge in [-0.3, -0.25) is 14.9 Å². The third-order valence-corrected chi connectivity index (χ3v) is 3.43. The number of nitrogens with one attached hydrogen (secondary N) is 1. The van der Waals surface area contributed by atoms with Crippen LogP contribution < -0.4 is 5.32 Å². The third-order valence-electron chi connectivity index (χ3n) is 3.43. The van der Waals surface area contributed by atoms with Crippen molar-refractivity contribution in [2.45, 2.75) is 33.7 Å². The van der Waals surface area contributed by atoms with Crippen molar-refractivity contribution in [1.29, 1.82) is 0 Å². The Bertz CT molecular complexity index is 499.